The van der Waals surface area contributed by atoms with E-state index in [1.165, 1.54) is 0 Å². The molecule has 1 aliphatic rings. The molecule has 2 rings (SSSR count). The quantitative estimate of drug-likeness (QED) is 0.506. The molecule has 0 fully saturated rings. The van der Waals surface area contributed by atoms with E-state index in [1.54, 1.807) is 12.4 Å². The molecule has 0 bridgehead atoms. The van der Waals surface area contributed by atoms with E-state index in [1.807, 2.05) is 0 Å². The fraction of sp³-hybridized carbons (Fsp3) is 0.333. The summed E-state index contributed by atoms with van der Waals surface area (Å²) in [7, 11) is 0. The zero-order valence-corrected chi connectivity index (χ0v) is 4.87. The monoisotopic (exact) mass is 122 g/mol. The molecule has 0 aliphatic carbocycles. The standard InChI is InChI=1S/C6H6N2O/c1-2-7-3-5-4-8-9-6(1)5/h3-4H,1-2H2. The Morgan fingerprint density at radius 2 is 2.56 bits per heavy atom. The molecule has 9 heavy (non-hydrogen) atoms. The van der Waals surface area contributed by atoms with Crippen LogP contribution in [0.3, 0.4) is 0 Å². The third-order valence-corrected chi connectivity index (χ3v) is 1.38. The van der Waals surface area contributed by atoms with Gasteiger partial charge in [-0.05, 0) is 0 Å². The van der Waals surface area contributed by atoms with Crippen molar-refractivity contribution >= 4 is 6.21 Å². The summed E-state index contributed by atoms with van der Waals surface area (Å²) in [6.45, 7) is 0.836. The van der Waals surface area contributed by atoms with Gasteiger partial charge in [0.2, 0.25) is 0 Å². The van der Waals surface area contributed by atoms with Crippen LogP contribution in [0.25, 0.3) is 0 Å². The third-order valence-electron chi connectivity index (χ3n) is 1.38. The van der Waals surface area contributed by atoms with Crippen molar-refractivity contribution in [2.75, 3.05) is 6.54 Å². The van der Waals surface area contributed by atoms with Gasteiger partial charge in [0.15, 0.2) is 0 Å². The summed E-state index contributed by atoms with van der Waals surface area (Å²) in [5.74, 6) is 0.963. The van der Waals surface area contributed by atoms with Crippen LogP contribution in [-0.4, -0.2) is 17.9 Å². The highest BCUT2D eigenvalue weighted by atomic mass is 16.5. The predicted molar refractivity (Wildman–Crippen MR) is 32.7 cm³/mol. The Hall–Kier alpha value is -1.12. The van der Waals surface area contributed by atoms with Crippen LogP contribution in [0.2, 0.25) is 0 Å². The van der Waals surface area contributed by atoms with Crippen molar-refractivity contribution in [3.05, 3.63) is 17.5 Å². The molecule has 0 atom stereocenters. The van der Waals surface area contributed by atoms with E-state index in [4.69, 9.17) is 4.52 Å². The molecule has 0 saturated heterocycles. The zero-order valence-electron chi connectivity index (χ0n) is 4.87. The normalized spacial score (nSPS) is 15.6. The first-order valence-corrected chi connectivity index (χ1v) is 2.90. The van der Waals surface area contributed by atoms with Crippen LogP contribution in [0.1, 0.15) is 11.3 Å². The van der Waals surface area contributed by atoms with Crippen LogP contribution < -0.4 is 0 Å². The fourth-order valence-corrected chi connectivity index (χ4v) is 0.896. The van der Waals surface area contributed by atoms with Gasteiger partial charge in [-0.25, -0.2) is 0 Å². The highest BCUT2D eigenvalue weighted by Gasteiger charge is 2.07. The maximum absolute atomic E-state index is 4.91. The maximum Gasteiger partial charge on any atom is 0.147 e. The van der Waals surface area contributed by atoms with Crippen molar-refractivity contribution in [2.45, 2.75) is 6.42 Å². The van der Waals surface area contributed by atoms with E-state index in [9.17, 15) is 0 Å². The predicted octanol–water partition coefficient (Wildman–Crippen LogP) is 0.650. The summed E-state index contributed by atoms with van der Waals surface area (Å²) in [5, 5.41) is 3.64. The first kappa shape index (κ1) is 4.73. The molecule has 3 heteroatoms. The molecule has 0 saturated carbocycles. The minimum atomic E-state index is 0.836. The number of rotatable bonds is 0. The summed E-state index contributed by atoms with van der Waals surface area (Å²) in [6.07, 6.45) is 4.39. The molecule has 1 aliphatic heterocycles. The number of aliphatic imine (C=N–C) groups is 1. The van der Waals surface area contributed by atoms with Gasteiger partial charge in [0.1, 0.15) is 5.76 Å². The van der Waals surface area contributed by atoms with E-state index in [0.29, 0.717) is 0 Å². The molecule has 1 aromatic rings. The van der Waals surface area contributed by atoms with Gasteiger partial charge in [-0.3, -0.25) is 4.99 Å². The largest absolute Gasteiger partial charge is 0.361 e. The molecule has 46 valence electrons. The second-order valence-electron chi connectivity index (χ2n) is 1.99. The average Bonchev–Trinajstić information content (AvgIpc) is 2.33. The Morgan fingerprint density at radius 1 is 1.56 bits per heavy atom. The fourth-order valence-electron chi connectivity index (χ4n) is 0.896. The summed E-state index contributed by atoms with van der Waals surface area (Å²) >= 11 is 0. The third kappa shape index (κ3) is 0.650. The summed E-state index contributed by atoms with van der Waals surface area (Å²) in [5.41, 5.74) is 1.03. The molecule has 1 aromatic heterocycles. The summed E-state index contributed by atoms with van der Waals surface area (Å²) < 4.78 is 4.91. The van der Waals surface area contributed by atoms with Gasteiger partial charge in [0, 0.05) is 19.2 Å². The van der Waals surface area contributed by atoms with Crippen LogP contribution in [0, 0.1) is 0 Å². The van der Waals surface area contributed by atoms with Crippen LogP contribution >= 0.6 is 0 Å². The first-order chi connectivity index (χ1) is 4.47. The lowest BCUT2D eigenvalue weighted by atomic mass is 10.2. The Kier molecular flexibility index (Phi) is 0.886. The van der Waals surface area contributed by atoms with Crippen LogP contribution in [0.5, 0.6) is 0 Å². The topological polar surface area (TPSA) is 38.4 Å². The van der Waals surface area contributed by atoms with Gasteiger partial charge < -0.3 is 4.52 Å². The Balaban J connectivity index is 2.53. The van der Waals surface area contributed by atoms with Gasteiger partial charge in [-0.2, -0.15) is 0 Å². The molecular formula is C6H6N2O. The Labute approximate surface area is 52.4 Å². The van der Waals surface area contributed by atoms with E-state index in [-0.39, 0.29) is 0 Å². The number of hydrogen-bond donors (Lipinski definition) is 0. The zero-order chi connectivity index (χ0) is 6.10. The summed E-state index contributed by atoms with van der Waals surface area (Å²) in [4.78, 5) is 4.07. The molecule has 0 amide bonds. The molecule has 2 heterocycles. The van der Waals surface area contributed by atoms with Crippen molar-refractivity contribution in [3.8, 4) is 0 Å². The van der Waals surface area contributed by atoms with Gasteiger partial charge >= 0.3 is 0 Å². The number of hydrogen-bond acceptors (Lipinski definition) is 3. The molecule has 0 unspecified atom stereocenters. The van der Waals surface area contributed by atoms with Crippen molar-refractivity contribution in [1.29, 1.82) is 0 Å². The molecule has 0 N–H and O–H groups in total. The Bertz CT molecular complexity index is 239. The smallest absolute Gasteiger partial charge is 0.147 e. The van der Waals surface area contributed by atoms with E-state index in [2.05, 4.69) is 10.1 Å². The van der Waals surface area contributed by atoms with Crippen molar-refractivity contribution in [1.82, 2.24) is 5.16 Å². The van der Waals surface area contributed by atoms with E-state index in [0.717, 1.165) is 24.3 Å². The molecular weight excluding hydrogens is 116 g/mol. The first-order valence-electron chi connectivity index (χ1n) is 2.90. The van der Waals surface area contributed by atoms with Crippen LogP contribution in [0.15, 0.2) is 15.7 Å². The van der Waals surface area contributed by atoms with E-state index >= 15 is 0 Å². The molecule has 0 aromatic carbocycles. The van der Waals surface area contributed by atoms with E-state index < -0.39 is 0 Å². The lowest BCUT2D eigenvalue weighted by Crippen LogP contribution is -1.98. The van der Waals surface area contributed by atoms with Crippen molar-refractivity contribution in [3.63, 3.8) is 0 Å². The maximum atomic E-state index is 4.91. The van der Waals surface area contributed by atoms with Gasteiger partial charge in [-0.15, -0.1) is 0 Å². The highest BCUT2D eigenvalue weighted by Crippen LogP contribution is 2.09. The number of fused-ring (bicyclic) bond motifs is 1. The van der Waals surface area contributed by atoms with Crippen LogP contribution in [-0.2, 0) is 6.42 Å². The number of nitrogens with zero attached hydrogens (tertiary/aromatic N) is 2. The second-order valence-corrected chi connectivity index (χ2v) is 1.99. The number of aromatic nitrogens is 1. The lowest BCUT2D eigenvalue weighted by molar-refractivity contribution is 0.383. The molecule has 0 spiro atoms. The molecule has 3 nitrogen and oxygen atoms in total. The SMILES string of the molecule is C1=NCCc2oncc21. The van der Waals surface area contributed by atoms with Gasteiger partial charge in [0.25, 0.3) is 0 Å². The Morgan fingerprint density at radius 3 is 3.44 bits per heavy atom. The minimum absolute atomic E-state index is 0.836. The lowest BCUT2D eigenvalue weighted by Gasteiger charge is -1.97. The second kappa shape index (κ2) is 1.69. The van der Waals surface area contributed by atoms with Crippen LogP contribution in [0.4, 0.5) is 0 Å². The van der Waals surface area contributed by atoms with Gasteiger partial charge in [0.05, 0.1) is 11.8 Å². The minimum Gasteiger partial charge on any atom is -0.361 e. The highest BCUT2D eigenvalue weighted by molar-refractivity contribution is 5.81. The average molecular weight is 122 g/mol. The van der Waals surface area contributed by atoms with Crippen molar-refractivity contribution in [2.24, 2.45) is 4.99 Å². The molecule has 0 radical (unpaired) electrons. The summed E-state index contributed by atoms with van der Waals surface area (Å²) in [6, 6.07) is 0. The van der Waals surface area contributed by atoms with Crippen molar-refractivity contribution < 1.29 is 4.52 Å². The van der Waals surface area contributed by atoms with Gasteiger partial charge in [-0.1, -0.05) is 5.16 Å².